The Morgan fingerprint density at radius 1 is 0.342 bits per heavy atom. The molecule has 0 aliphatic carbocycles. The second-order valence-corrected chi connectivity index (χ2v) is 8.48. The number of nitrogens with zero attached hydrogens (tertiary/aromatic N) is 2. The van der Waals surface area contributed by atoms with Crippen LogP contribution in [0.4, 0.5) is 0 Å². The van der Waals surface area contributed by atoms with E-state index in [2.05, 4.69) is 31.5 Å². The van der Waals surface area contributed by atoms with Crippen molar-refractivity contribution in [2.45, 2.75) is 12.5 Å². The molecule has 4 N–H and O–H groups in total. The molecule has 0 radical (unpaired) electrons. The number of ether oxygens (including phenoxy) is 8. The Hall–Kier alpha value is -0.880. The summed E-state index contributed by atoms with van der Waals surface area (Å²) in [7, 11) is 0. The molecular formula is C24H50N6O8. The quantitative estimate of drug-likeness (QED) is 0.300. The maximum atomic E-state index is 5.92. The third kappa shape index (κ3) is 21.0. The summed E-state index contributed by atoms with van der Waals surface area (Å²) in [6.07, 6.45) is -1.08. The van der Waals surface area contributed by atoms with E-state index in [1.54, 1.807) is 0 Å². The lowest BCUT2D eigenvalue weighted by atomic mass is 10.5. The second-order valence-electron chi connectivity index (χ2n) is 8.48. The molecule has 2 unspecified atom stereocenters. The molecule has 0 bridgehead atoms. The van der Waals surface area contributed by atoms with Gasteiger partial charge in [-0.3, -0.25) is 0 Å². The number of hydrogen-bond acceptors (Lipinski definition) is 14. The zero-order chi connectivity index (χ0) is 26.6. The average Bonchev–Trinajstić information content (AvgIpc) is 2.93. The Balaban J connectivity index is 1.80. The summed E-state index contributed by atoms with van der Waals surface area (Å²) in [5.41, 5.74) is 0. The van der Waals surface area contributed by atoms with Crippen molar-refractivity contribution >= 4 is 0 Å². The van der Waals surface area contributed by atoms with Crippen LogP contribution in [-0.2, 0) is 37.9 Å². The third-order valence-corrected chi connectivity index (χ3v) is 5.31. The summed E-state index contributed by atoms with van der Waals surface area (Å²) in [5.74, 6) is 0. The van der Waals surface area contributed by atoms with Crippen molar-refractivity contribution in [3.63, 3.8) is 0 Å². The summed E-state index contributed by atoms with van der Waals surface area (Å²) in [6.45, 7) is 13.3. The van der Waals surface area contributed by atoms with Crippen LogP contribution >= 0.6 is 0 Å². The van der Waals surface area contributed by atoms with Crippen LogP contribution in [0.1, 0.15) is 0 Å². The van der Waals surface area contributed by atoms with Gasteiger partial charge in [0, 0.05) is 52.4 Å². The number of azo groups is 1. The van der Waals surface area contributed by atoms with E-state index in [-0.39, 0.29) is 0 Å². The molecule has 0 aromatic heterocycles. The third-order valence-electron chi connectivity index (χ3n) is 5.31. The molecule has 2 aliphatic heterocycles. The smallest absolute Gasteiger partial charge is 0.191 e. The van der Waals surface area contributed by atoms with E-state index in [9.17, 15) is 0 Å². The molecule has 2 fully saturated rings. The van der Waals surface area contributed by atoms with E-state index in [0.29, 0.717) is 119 Å². The van der Waals surface area contributed by atoms with Crippen molar-refractivity contribution in [3.8, 4) is 0 Å². The normalized spacial score (nSPS) is 28.0. The zero-order valence-electron chi connectivity index (χ0n) is 22.9. The molecule has 2 heterocycles. The van der Waals surface area contributed by atoms with Crippen LogP contribution in [0, 0.1) is 0 Å². The van der Waals surface area contributed by atoms with Crippen molar-refractivity contribution in [1.82, 2.24) is 21.3 Å². The first kappa shape index (κ1) is 33.3. The molecule has 224 valence electrons. The van der Waals surface area contributed by atoms with Crippen molar-refractivity contribution < 1.29 is 37.9 Å². The van der Waals surface area contributed by atoms with E-state index >= 15 is 0 Å². The highest BCUT2D eigenvalue weighted by molar-refractivity contribution is 4.59. The highest BCUT2D eigenvalue weighted by Gasteiger charge is 2.12. The molecule has 2 saturated heterocycles. The van der Waals surface area contributed by atoms with E-state index < -0.39 is 12.5 Å². The summed E-state index contributed by atoms with van der Waals surface area (Å²) in [4.78, 5) is 0. The van der Waals surface area contributed by atoms with Gasteiger partial charge in [0.15, 0.2) is 12.5 Å². The van der Waals surface area contributed by atoms with Crippen molar-refractivity contribution in [3.05, 3.63) is 0 Å². The van der Waals surface area contributed by atoms with Gasteiger partial charge < -0.3 is 59.2 Å². The molecule has 2 aliphatic rings. The Morgan fingerprint density at radius 3 is 0.974 bits per heavy atom. The maximum Gasteiger partial charge on any atom is 0.191 e. The Kier molecular flexibility index (Phi) is 23.1. The molecule has 0 amide bonds. The lowest BCUT2D eigenvalue weighted by molar-refractivity contribution is -0.0337. The summed E-state index contributed by atoms with van der Waals surface area (Å²) in [6, 6.07) is 0. The first-order chi connectivity index (χ1) is 18.9. The minimum absolute atomic E-state index is 0.298. The predicted molar refractivity (Wildman–Crippen MR) is 141 cm³/mol. The standard InChI is InChI=1S/C24H50N6O8/c1-9-31-17-19-33-11-3-27-7-15-37-23(21-35-13-5-25-1)29-30-24-22-36-14-6-26-2-10-32-18-20-34-12-4-28-8-16-38-24/h23-28H,1-22H2. The molecule has 38 heavy (non-hydrogen) atoms. The molecule has 14 heteroatoms. The number of nitrogens with one attached hydrogen (secondary N) is 4. The van der Waals surface area contributed by atoms with Crippen LogP contribution in [0.15, 0.2) is 10.2 Å². The zero-order valence-corrected chi connectivity index (χ0v) is 22.9. The van der Waals surface area contributed by atoms with Gasteiger partial charge in [0.2, 0.25) is 0 Å². The monoisotopic (exact) mass is 550 g/mol. The first-order valence-electron chi connectivity index (χ1n) is 13.9. The fourth-order valence-electron chi connectivity index (χ4n) is 3.29. The molecule has 0 aromatic rings. The molecule has 2 rings (SSSR count). The highest BCUT2D eigenvalue weighted by atomic mass is 16.6. The molecule has 0 saturated carbocycles. The van der Waals surface area contributed by atoms with Gasteiger partial charge in [-0.25, -0.2) is 0 Å². The Labute approximate surface area is 227 Å². The minimum Gasteiger partial charge on any atom is -0.378 e. The van der Waals surface area contributed by atoms with Crippen molar-refractivity contribution in [2.24, 2.45) is 10.2 Å². The SMILES string of the molecule is C1COCCOCCNCCOC(N=NC2COCCNCCOCCOCCNCCO2)COCCN1. The Bertz CT molecular complexity index is 460. The summed E-state index contributed by atoms with van der Waals surface area (Å²) in [5, 5.41) is 21.9. The van der Waals surface area contributed by atoms with Gasteiger partial charge in [0.25, 0.3) is 0 Å². The lowest BCUT2D eigenvalue weighted by Crippen LogP contribution is -2.30. The summed E-state index contributed by atoms with van der Waals surface area (Å²) >= 11 is 0. The van der Waals surface area contributed by atoms with Crippen LogP contribution in [0.3, 0.4) is 0 Å². The van der Waals surface area contributed by atoms with Crippen LogP contribution in [-0.4, -0.2) is 157 Å². The van der Waals surface area contributed by atoms with Gasteiger partial charge in [-0.1, -0.05) is 0 Å². The van der Waals surface area contributed by atoms with Gasteiger partial charge in [-0.2, -0.15) is 10.2 Å². The number of hydrogen-bond donors (Lipinski definition) is 4. The van der Waals surface area contributed by atoms with Crippen LogP contribution in [0.25, 0.3) is 0 Å². The van der Waals surface area contributed by atoms with Crippen molar-refractivity contribution in [1.29, 1.82) is 0 Å². The Morgan fingerprint density at radius 2 is 0.632 bits per heavy atom. The van der Waals surface area contributed by atoms with Gasteiger partial charge in [-0.15, -0.1) is 0 Å². The van der Waals surface area contributed by atoms with Crippen LogP contribution < -0.4 is 21.3 Å². The molecule has 0 spiro atoms. The maximum absolute atomic E-state index is 5.92. The second kappa shape index (κ2) is 26.3. The molecular weight excluding hydrogens is 500 g/mol. The van der Waals surface area contributed by atoms with E-state index in [0.717, 1.165) is 26.2 Å². The van der Waals surface area contributed by atoms with Crippen LogP contribution in [0.2, 0.25) is 0 Å². The van der Waals surface area contributed by atoms with E-state index in [1.165, 1.54) is 0 Å². The fourth-order valence-corrected chi connectivity index (χ4v) is 3.29. The summed E-state index contributed by atoms with van der Waals surface area (Å²) < 4.78 is 45.5. The highest BCUT2D eigenvalue weighted by Crippen LogP contribution is 2.03. The minimum atomic E-state index is -0.538. The van der Waals surface area contributed by atoms with Gasteiger partial charge in [0.05, 0.1) is 92.5 Å². The van der Waals surface area contributed by atoms with E-state index in [4.69, 9.17) is 37.9 Å². The largest absolute Gasteiger partial charge is 0.378 e. The molecule has 0 aromatic carbocycles. The van der Waals surface area contributed by atoms with Gasteiger partial charge in [-0.05, 0) is 0 Å². The predicted octanol–water partition coefficient (Wildman–Crippen LogP) is -1.39. The van der Waals surface area contributed by atoms with E-state index in [1.807, 2.05) is 0 Å². The fraction of sp³-hybridized carbons (Fsp3) is 1.00. The van der Waals surface area contributed by atoms with Gasteiger partial charge in [0.1, 0.15) is 0 Å². The topological polar surface area (TPSA) is 147 Å². The first-order valence-corrected chi connectivity index (χ1v) is 13.9. The van der Waals surface area contributed by atoms with Crippen molar-refractivity contribution in [2.75, 3.05) is 145 Å². The van der Waals surface area contributed by atoms with Crippen LogP contribution in [0.5, 0.6) is 0 Å². The number of rotatable bonds is 2. The van der Waals surface area contributed by atoms with Gasteiger partial charge >= 0.3 is 0 Å². The lowest BCUT2D eigenvalue weighted by Gasteiger charge is -2.17. The molecule has 14 nitrogen and oxygen atoms in total. The average molecular weight is 551 g/mol. The molecule has 2 atom stereocenters.